The molecule has 0 fully saturated rings. The SMILES string of the molecule is CC(O)COc1ccc(C(=O)O)c(C(=O)O)c1Br. The van der Waals surface area contributed by atoms with Crippen LogP contribution in [0.5, 0.6) is 5.75 Å². The number of carboxylic acids is 2. The normalized spacial score (nSPS) is 11.9. The Morgan fingerprint density at radius 2 is 1.94 bits per heavy atom. The van der Waals surface area contributed by atoms with Gasteiger partial charge in [0, 0.05) is 0 Å². The second kappa shape index (κ2) is 5.83. The zero-order valence-electron chi connectivity index (χ0n) is 9.38. The van der Waals surface area contributed by atoms with Crippen molar-refractivity contribution in [2.75, 3.05) is 6.61 Å². The summed E-state index contributed by atoms with van der Waals surface area (Å²) in [5.41, 5.74) is -0.718. The fourth-order valence-electron chi connectivity index (χ4n) is 1.27. The molecular formula is C11H11BrO6. The Kier molecular flexibility index (Phi) is 4.69. The first-order chi connectivity index (χ1) is 8.34. The van der Waals surface area contributed by atoms with E-state index in [-0.39, 0.29) is 28.0 Å². The highest BCUT2D eigenvalue weighted by atomic mass is 79.9. The van der Waals surface area contributed by atoms with Crippen molar-refractivity contribution in [1.82, 2.24) is 0 Å². The van der Waals surface area contributed by atoms with Crippen LogP contribution in [0, 0.1) is 0 Å². The molecule has 0 amide bonds. The molecule has 1 atom stereocenters. The van der Waals surface area contributed by atoms with Crippen LogP contribution in [0.15, 0.2) is 16.6 Å². The molecule has 7 heteroatoms. The van der Waals surface area contributed by atoms with Gasteiger partial charge in [0.2, 0.25) is 0 Å². The third-order valence-electron chi connectivity index (χ3n) is 2.03. The molecule has 1 rings (SSSR count). The number of carbonyl (C=O) groups is 2. The number of hydrogen-bond donors (Lipinski definition) is 3. The molecule has 3 N–H and O–H groups in total. The third-order valence-corrected chi connectivity index (χ3v) is 2.82. The quantitative estimate of drug-likeness (QED) is 0.761. The maximum Gasteiger partial charge on any atom is 0.337 e. The molecule has 0 spiro atoms. The van der Waals surface area contributed by atoms with Crippen LogP contribution in [0.3, 0.4) is 0 Å². The number of carboxylic acid groups (broad SMARTS) is 2. The van der Waals surface area contributed by atoms with Gasteiger partial charge in [-0.2, -0.15) is 0 Å². The lowest BCUT2D eigenvalue weighted by molar-refractivity contribution is 0.0649. The summed E-state index contributed by atoms with van der Waals surface area (Å²) in [6.07, 6.45) is -0.718. The van der Waals surface area contributed by atoms with E-state index in [1.165, 1.54) is 13.0 Å². The third kappa shape index (κ3) is 3.21. The number of halogens is 1. The number of aliphatic hydroxyl groups is 1. The number of aromatic carboxylic acids is 2. The fraction of sp³-hybridized carbons (Fsp3) is 0.273. The number of benzene rings is 1. The van der Waals surface area contributed by atoms with E-state index in [4.69, 9.17) is 20.1 Å². The second-order valence-electron chi connectivity index (χ2n) is 3.57. The minimum absolute atomic E-state index is 0.0237. The first-order valence-corrected chi connectivity index (χ1v) is 5.73. The molecule has 6 nitrogen and oxygen atoms in total. The summed E-state index contributed by atoms with van der Waals surface area (Å²) in [6, 6.07) is 2.48. The standard InChI is InChI=1S/C11H11BrO6/c1-5(13)4-18-7-3-2-6(10(14)15)8(9(7)12)11(16)17/h2-3,5,13H,4H2,1H3,(H,14,15)(H,16,17). The highest BCUT2D eigenvalue weighted by Gasteiger charge is 2.22. The van der Waals surface area contributed by atoms with Gasteiger partial charge in [0.05, 0.1) is 21.7 Å². The van der Waals surface area contributed by atoms with Gasteiger partial charge >= 0.3 is 11.9 Å². The average Bonchev–Trinajstić information content (AvgIpc) is 2.25. The average molecular weight is 319 g/mol. The van der Waals surface area contributed by atoms with Gasteiger partial charge in [-0.25, -0.2) is 9.59 Å². The van der Waals surface area contributed by atoms with E-state index in [9.17, 15) is 9.59 Å². The van der Waals surface area contributed by atoms with Crippen molar-refractivity contribution in [3.05, 3.63) is 27.7 Å². The van der Waals surface area contributed by atoms with Crippen molar-refractivity contribution in [1.29, 1.82) is 0 Å². The highest BCUT2D eigenvalue weighted by Crippen LogP contribution is 2.31. The van der Waals surface area contributed by atoms with E-state index in [1.807, 2.05) is 0 Å². The van der Waals surface area contributed by atoms with Crippen LogP contribution in [0.25, 0.3) is 0 Å². The van der Waals surface area contributed by atoms with Gasteiger partial charge in [-0.3, -0.25) is 0 Å². The summed E-state index contributed by atoms with van der Waals surface area (Å²) >= 11 is 3.00. The number of rotatable bonds is 5. The molecule has 1 aromatic rings. The van der Waals surface area contributed by atoms with E-state index in [2.05, 4.69) is 15.9 Å². The predicted octanol–water partition coefficient (Wildman–Crippen LogP) is 1.61. The smallest absolute Gasteiger partial charge is 0.337 e. The van der Waals surface area contributed by atoms with E-state index >= 15 is 0 Å². The van der Waals surface area contributed by atoms with Crippen LogP contribution in [-0.2, 0) is 0 Å². The molecule has 0 saturated carbocycles. The van der Waals surface area contributed by atoms with Gasteiger partial charge in [-0.15, -0.1) is 0 Å². The molecule has 1 unspecified atom stereocenters. The highest BCUT2D eigenvalue weighted by molar-refractivity contribution is 9.10. The van der Waals surface area contributed by atoms with Crippen molar-refractivity contribution >= 4 is 27.9 Å². The summed E-state index contributed by atoms with van der Waals surface area (Å²) in [7, 11) is 0. The van der Waals surface area contributed by atoms with Crippen LogP contribution in [0.2, 0.25) is 0 Å². The van der Waals surface area contributed by atoms with E-state index in [1.54, 1.807) is 0 Å². The number of hydrogen-bond acceptors (Lipinski definition) is 4. The van der Waals surface area contributed by atoms with Crippen molar-refractivity contribution < 1.29 is 29.6 Å². The maximum absolute atomic E-state index is 11.0. The Hall–Kier alpha value is -1.60. The van der Waals surface area contributed by atoms with Crippen molar-refractivity contribution in [3.8, 4) is 5.75 Å². The summed E-state index contributed by atoms with van der Waals surface area (Å²) in [5, 5.41) is 27.0. The van der Waals surface area contributed by atoms with Crippen LogP contribution >= 0.6 is 15.9 Å². The van der Waals surface area contributed by atoms with E-state index < -0.39 is 18.0 Å². The molecule has 0 saturated heterocycles. The number of aliphatic hydroxyl groups excluding tert-OH is 1. The van der Waals surface area contributed by atoms with Crippen molar-refractivity contribution in [2.24, 2.45) is 0 Å². The van der Waals surface area contributed by atoms with E-state index in [0.717, 1.165) is 6.07 Å². The fourth-order valence-corrected chi connectivity index (χ4v) is 1.90. The Balaban J connectivity index is 3.22. The second-order valence-corrected chi connectivity index (χ2v) is 4.36. The molecule has 0 aliphatic heterocycles. The first kappa shape index (κ1) is 14.5. The van der Waals surface area contributed by atoms with Crippen LogP contribution in [-0.4, -0.2) is 40.0 Å². The topological polar surface area (TPSA) is 104 Å². The molecule has 0 bridgehead atoms. The molecule has 0 radical (unpaired) electrons. The monoisotopic (exact) mass is 318 g/mol. The lowest BCUT2D eigenvalue weighted by atomic mass is 10.1. The molecule has 0 aliphatic rings. The Morgan fingerprint density at radius 3 is 2.39 bits per heavy atom. The number of ether oxygens (including phenoxy) is 1. The molecule has 1 aromatic carbocycles. The molecular weight excluding hydrogens is 308 g/mol. The minimum atomic E-state index is -1.37. The van der Waals surface area contributed by atoms with Gasteiger partial charge in [0.15, 0.2) is 0 Å². The zero-order chi connectivity index (χ0) is 13.9. The van der Waals surface area contributed by atoms with Crippen LogP contribution < -0.4 is 4.74 Å². The first-order valence-electron chi connectivity index (χ1n) is 4.94. The lowest BCUT2D eigenvalue weighted by Crippen LogP contribution is -2.15. The van der Waals surface area contributed by atoms with Gasteiger partial charge < -0.3 is 20.1 Å². The summed E-state index contributed by atoms with van der Waals surface area (Å²) in [4.78, 5) is 21.9. The van der Waals surface area contributed by atoms with E-state index in [0.29, 0.717) is 0 Å². The Labute approximate surface area is 111 Å². The summed E-state index contributed by atoms with van der Waals surface area (Å²) in [5.74, 6) is -2.55. The Morgan fingerprint density at radius 1 is 1.33 bits per heavy atom. The van der Waals surface area contributed by atoms with Gasteiger partial charge in [0.1, 0.15) is 12.4 Å². The molecule has 0 aromatic heterocycles. The van der Waals surface area contributed by atoms with Crippen LogP contribution in [0.4, 0.5) is 0 Å². The molecule has 98 valence electrons. The van der Waals surface area contributed by atoms with Crippen molar-refractivity contribution in [3.63, 3.8) is 0 Å². The summed E-state index contributed by atoms with van der Waals surface area (Å²) < 4.78 is 5.21. The zero-order valence-corrected chi connectivity index (χ0v) is 11.0. The van der Waals surface area contributed by atoms with Gasteiger partial charge in [0.25, 0.3) is 0 Å². The van der Waals surface area contributed by atoms with Gasteiger partial charge in [-0.1, -0.05) is 0 Å². The largest absolute Gasteiger partial charge is 0.490 e. The Bertz CT molecular complexity index is 483. The lowest BCUT2D eigenvalue weighted by Gasteiger charge is -2.12. The maximum atomic E-state index is 11.0. The van der Waals surface area contributed by atoms with Crippen LogP contribution in [0.1, 0.15) is 27.6 Å². The minimum Gasteiger partial charge on any atom is -0.490 e. The summed E-state index contributed by atoms with van der Waals surface area (Å²) in [6.45, 7) is 1.49. The predicted molar refractivity (Wildman–Crippen MR) is 65.2 cm³/mol. The van der Waals surface area contributed by atoms with Gasteiger partial charge in [-0.05, 0) is 35.0 Å². The molecule has 0 heterocycles. The molecule has 0 aliphatic carbocycles. The molecule has 18 heavy (non-hydrogen) atoms. The van der Waals surface area contributed by atoms with Crippen molar-refractivity contribution in [2.45, 2.75) is 13.0 Å².